The minimum atomic E-state index is 1.07. The molecule has 0 fully saturated rings. The second-order valence-corrected chi connectivity index (χ2v) is 16.2. The molecule has 12 aromatic rings. The van der Waals surface area contributed by atoms with E-state index in [1.54, 1.807) is 0 Å². The Kier molecular flexibility index (Phi) is 8.83. The van der Waals surface area contributed by atoms with Gasteiger partial charge in [-0.25, -0.2) is 0 Å². The minimum absolute atomic E-state index is 1.07. The highest BCUT2D eigenvalue weighted by atomic mass is 15.2. The van der Waals surface area contributed by atoms with E-state index in [1.807, 2.05) is 0 Å². The van der Waals surface area contributed by atoms with Gasteiger partial charge in [0.05, 0.1) is 11.0 Å². The van der Waals surface area contributed by atoms with E-state index in [2.05, 4.69) is 263 Å². The molecule has 3 nitrogen and oxygen atoms in total. The molecule has 0 atom stereocenters. The summed E-state index contributed by atoms with van der Waals surface area (Å²) in [6.45, 7) is 0. The van der Waals surface area contributed by atoms with Crippen molar-refractivity contribution in [2.24, 2.45) is 0 Å². The van der Waals surface area contributed by atoms with Crippen LogP contribution in [-0.4, -0.2) is 4.57 Å². The quantitative estimate of drug-likeness (QED) is 0.142. The van der Waals surface area contributed by atoms with Crippen LogP contribution in [-0.2, 0) is 0 Å². The van der Waals surface area contributed by atoms with Gasteiger partial charge in [0, 0.05) is 50.6 Å². The standard InChI is InChI=1S/C60H41N3/c1-5-19-44(20-6-1)61(45-21-7-2-8-22-45)49-37-43(38-50(40-49)62(46-23-9-3-10-24-46)47-25-11-4-12-26-47)42-33-35-53-54-36-34-48(41-58(54)52-28-14-13-27-51(52)57(53)39-42)63-59-31-17-15-29-55(59)56-30-16-18-32-60(56)63/h1-41H. The SMILES string of the molecule is c1ccc(N(c2ccccc2)c2cc(-c3ccc4c5ccc(-n6c7ccccc7c7ccccc76)cc5c5ccccc5c4c3)cc(N(c3ccccc3)c3ccccc3)c2)cc1. The smallest absolute Gasteiger partial charge is 0.0541 e. The molecule has 0 N–H and O–H groups in total. The van der Waals surface area contributed by atoms with Crippen LogP contribution in [0.25, 0.3) is 70.9 Å². The molecule has 0 unspecified atom stereocenters. The zero-order valence-corrected chi connectivity index (χ0v) is 34.5. The third-order valence-electron chi connectivity index (χ3n) is 12.5. The number of fused-ring (bicyclic) bond motifs is 9. The average Bonchev–Trinajstić information content (AvgIpc) is 3.70. The molecule has 296 valence electrons. The van der Waals surface area contributed by atoms with Crippen molar-refractivity contribution in [1.82, 2.24) is 4.57 Å². The van der Waals surface area contributed by atoms with Crippen LogP contribution in [0.15, 0.2) is 249 Å². The lowest BCUT2D eigenvalue weighted by Gasteiger charge is -2.30. The summed E-state index contributed by atoms with van der Waals surface area (Å²) >= 11 is 0. The van der Waals surface area contributed by atoms with E-state index in [0.29, 0.717) is 0 Å². The molecule has 63 heavy (non-hydrogen) atoms. The van der Waals surface area contributed by atoms with Gasteiger partial charge in [-0.05, 0) is 141 Å². The largest absolute Gasteiger partial charge is 0.310 e. The van der Waals surface area contributed by atoms with Gasteiger partial charge in [0.25, 0.3) is 0 Å². The number of hydrogen-bond donors (Lipinski definition) is 0. The summed E-state index contributed by atoms with van der Waals surface area (Å²) in [6.07, 6.45) is 0. The summed E-state index contributed by atoms with van der Waals surface area (Å²) < 4.78 is 2.42. The highest BCUT2D eigenvalue weighted by molar-refractivity contribution is 6.26. The van der Waals surface area contributed by atoms with Crippen LogP contribution < -0.4 is 9.80 Å². The monoisotopic (exact) mass is 803 g/mol. The topological polar surface area (TPSA) is 11.4 Å². The normalized spacial score (nSPS) is 11.5. The molecule has 0 spiro atoms. The zero-order chi connectivity index (χ0) is 41.7. The first-order chi connectivity index (χ1) is 31.3. The molecular weight excluding hydrogens is 763 g/mol. The summed E-state index contributed by atoms with van der Waals surface area (Å²) in [7, 11) is 0. The second kappa shape index (κ2) is 15.3. The van der Waals surface area contributed by atoms with E-state index in [-0.39, 0.29) is 0 Å². The van der Waals surface area contributed by atoms with Crippen molar-refractivity contribution in [3.63, 3.8) is 0 Å². The molecule has 0 aliphatic carbocycles. The maximum absolute atomic E-state index is 2.42. The van der Waals surface area contributed by atoms with Gasteiger partial charge in [-0.2, -0.15) is 0 Å². The lowest BCUT2D eigenvalue weighted by molar-refractivity contribution is 1.19. The van der Waals surface area contributed by atoms with Gasteiger partial charge in [0.15, 0.2) is 0 Å². The van der Waals surface area contributed by atoms with E-state index in [1.165, 1.54) is 54.1 Å². The van der Waals surface area contributed by atoms with Crippen LogP contribution in [0.2, 0.25) is 0 Å². The van der Waals surface area contributed by atoms with Crippen molar-refractivity contribution in [2.45, 2.75) is 0 Å². The van der Waals surface area contributed by atoms with Crippen LogP contribution in [0.5, 0.6) is 0 Å². The lowest BCUT2D eigenvalue weighted by atomic mass is 9.91. The van der Waals surface area contributed by atoms with Gasteiger partial charge in [0.1, 0.15) is 0 Å². The van der Waals surface area contributed by atoms with Crippen LogP contribution >= 0.6 is 0 Å². The van der Waals surface area contributed by atoms with Crippen LogP contribution in [0, 0.1) is 0 Å². The fraction of sp³-hybridized carbons (Fsp3) is 0. The Hall–Kier alpha value is -8.40. The third-order valence-corrected chi connectivity index (χ3v) is 12.5. The first-order valence-electron chi connectivity index (χ1n) is 21.6. The molecule has 0 aliphatic heterocycles. The Morgan fingerprint density at radius 2 is 0.587 bits per heavy atom. The molecular formula is C60H41N3. The predicted octanol–water partition coefficient (Wildman–Crippen LogP) is 16.8. The number of anilines is 6. The lowest BCUT2D eigenvalue weighted by Crippen LogP contribution is -2.13. The first kappa shape index (κ1) is 36.5. The highest BCUT2D eigenvalue weighted by Crippen LogP contribution is 2.45. The maximum Gasteiger partial charge on any atom is 0.0541 e. The van der Waals surface area contributed by atoms with E-state index < -0.39 is 0 Å². The van der Waals surface area contributed by atoms with Crippen molar-refractivity contribution < 1.29 is 0 Å². The van der Waals surface area contributed by atoms with Gasteiger partial charge in [-0.1, -0.05) is 152 Å². The first-order valence-corrected chi connectivity index (χ1v) is 21.6. The van der Waals surface area contributed by atoms with E-state index in [4.69, 9.17) is 0 Å². The van der Waals surface area contributed by atoms with Crippen LogP contribution in [0.3, 0.4) is 0 Å². The number of para-hydroxylation sites is 6. The van der Waals surface area contributed by atoms with Gasteiger partial charge in [0.2, 0.25) is 0 Å². The molecule has 0 radical (unpaired) electrons. The summed E-state index contributed by atoms with van der Waals surface area (Å²) in [5.41, 5.74) is 12.4. The Morgan fingerprint density at radius 1 is 0.222 bits per heavy atom. The fourth-order valence-corrected chi connectivity index (χ4v) is 9.69. The molecule has 1 heterocycles. The maximum atomic E-state index is 2.42. The Bertz CT molecular complexity index is 3360. The van der Waals surface area contributed by atoms with Crippen LogP contribution in [0.4, 0.5) is 34.1 Å². The van der Waals surface area contributed by atoms with Gasteiger partial charge in [-0.3, -0.25) is 0 Å². The second-order valence-electron chi connectivity index (χ2n) is 16.2. The molecule has 11 aromatic carbocycles. The minimum Gasteiger partial charge on any atom is -0.310 e. The third kappa shape index (κ3) is 6.29. The van der Waals surface area contributed by atoms with Crippen molar-refractivity contribution in [1.29, 1.82) is 0 Å². The molecule has 0 saturated carbocycles. The molecule has 0 amide bonds. The van der Waals surface area contributed by atoms with Gasteiger partial charge in [-0.15, -0.1) is 0 Å². The average molecular weight is 804 g/mol. The van der Waals surface area contributed by atoms with Crippen LogP contribution in [0.1, 0.15) is 0 Å². The number of benzene rings is 11. The Balaban J connectivity index is 1.09. The number of aromatic nitrogens is 1. The predicted molar refractivity (Wildman–Crippen MR) is 268 cm³/mol. The van der Waals surface area contributed by atoms with Gasteiger partial charge >= 0.3 is 0 Å². The zero-order valence-electron chi connectivity index (χ0n) is 34.5. The molecule has 0 aliphatic rings. The van der Waals surface area contributed by atoms with Crippen molar-refractivity contribution in [3.8, 4) is 16.8 Å². The number of rotatable bonds is 8. The summed E-state index contributed by atoms with van der Waals surface area (Å²) in [5.74, 6) is 0. The van der Waals surface area contributed by atoms with Gasteiger partial charge < -0.3 is 14.4 Å². The highest BCUT2D eigenvalue weighted by Gasteiger charge is 2.20. The van der Waals surface area contributed by atoms with E-state index in [0.717, 1.165) is 50.9 Å². The summed E-state index contributed by atoms with van der Waals surface area (Å²) in [4.78, 5) is 4.72. The molecule has 3 heteroatoms. The molecule has 0 saturated heterocycles. The molecule has 1 aromatic heterocycles. The van der Waals surface area contributed by atoms with Crippen molar-refractivity contribution in [3.05, 3.63) is 249 Å². The summed E-state index contributed by atoms with van der Waals surface area (Å²) in [5, 5.41) is 9.98. The fourth-order valence-electron chi connectivity index (χ4n) is 9.69. The molecule has 0 bridgehead atoms. The summed E-state index contributed by atoms with van der Waals surface area (Å²) in [6, 6.07) is 90.2. The van der Waals surface area contributed by atoms with Crippen molar-refractivity contribution >= 4 is 88.2 Å². The Morgan fingerprint density at radius 3 is 1.05 bits per heavy atom. The Labute approximate surface area is 366 Å². The number of nitrogens with zero attached hydrogens (tertiary/aromatic N) is 3. The van der Waals surface area contributed by atoms with E-state index in [9.17, 15) is 0 Å². The van der Waals surface area contributed by atoms with Crippen molar-refractivity contribution in [2.75, 3.05) is 9.80 Å². The molecule has 12 rings (SSSR count). The van der Waals surface area contributed by atoms with E-state index >= 15 is 0 Å². The number of hydrogen-bond acceptors (Lipinski definition) is 2.